The highest BCUT2D eigenvalue weighted by molar-refractivity contribution is 7.91. The lowest BCUT2D eigenvalue weighted by molar-refractivity contribution is 0.0594. The highest BCUT2D eigenvalue weighted by atomic mass is 32.2. The quantitative estimate of drug-likeness (QED) is 0.156. The van der Waals surface area contributed by atoms with Crippen LogP contribution in [0.1, 0.15) is 43.6 Å². The molecule has 14 nitrogen and oxygen atoms in total. The summed E-state index contributed by atoms with van der Waals surface area (Å²) in [5.74, 6) is 0.274. The predicted molar refractivity (Wildman–Crippen MR) is 210 cm³/mol. The largest absolute Gasteiger partial charge is 0.465 e. The van der Waals surface area contributed by atoms with Gasteiger partial charge in [0.05, 0.1) is 57.6 Å². The van der Waals surface area contributed by atoms with E-state index in [4.69, 9.17) is 18.5 Å². The van der Waals surface area contributed by atoms with Crippen LogP contribution in [0.3, 0.4) is 0 Å². The van der Waals surface area contributed by atoms with E-state index in [1.807, 2.05) is 26.0 Å². The van der Waals surface area contributed by atoms with Gasteiger partial charge in [-0.2, -0.15) is 0 Å². The first kappa shape index (κ1) is 38.0. The first-order valence-electron chi connectivity index (χ1n) is 17.0. The zero-order valence-corrected chi connectivity index (χ0v) is 33.2. The third kappa shape index (κ3) is 6.60. The summed E-state index contributed by atoms with van der Waals surface area (Å²) < 4.78 is 68.4. The van der Waals surface area contributed by atoms with Crippen molar-refractivity contribution >= 4 is 75.2 Å². The molecule has 2 N–H and O–H groups in total. The molecule has 0 atom stereocenters. The number of benzene rings is 4. The number of H-pyrrole nitrogens is 2. The van der Waals surface area contributed by atoms with Crippen molar-refractivity contribution in [3.05, 3.63) is 94.7 Å². The van der Waals surface area contributed by atoms with E-state index in [9.17, 15) is 26.4 Å². The second-order valence-corrected chi connectivity index (χ2v) is 17.5. The minimum absolute atomic E-state index is 0.211. The van der Waals surface area contributed by atoms with Crippen molar-refractivity contribution in [1.29, 1.82) is 0 Å². The molecule has 0 unspecified atom stereocenters. The SMILES string of the molecule is COC(=O)c1cc(-c2c(C)noc2C)cc2c1[nH]c1ccc(S(C)(=O)=O)cc12.COC(=O)c1cc(-c2c(C)noc2C)cc2c1[nH]c1ccc(S(C)(=O)=O)cc12. The van der Waals surface area contributed by atoms with Gasteiger partial charge in [-0.25, -0.2) is 26.4 Å². The first-order chi connectivity index (χ1) is 26.4. The number of hydrogen-bond acceptors (Lipinski definition) is 12. The number of sulfone groups is 2. The van der Waals surface area contributed by atoms with Gasteiger partial charge in [0.15, 0.2) is 19.7 Å². The standard InChI is InChI=1S/2C20H18N2O5S/c2*1-10-18(11(2)27-22-10)12-7-15-14-9-13(28(4,24)25)5-6-17(14)21-19(15)16(8-12)20(23)26-3/h2*5-9,21H,1-4H3. The van der Waals surface area contributed by atoms with Crippen LogP contribution in [-0.4, -0.2) is 75.8 Å². The summed E-state index contributed by atoms with van der Waals surface area (Å²) in [5.41, 5.74) is 7.80. The highest BCUT2D eigenvalue weighted by Crippen LogP contribution is 2.38. The van der Waals surface area contributed by atoms with Crippen molar-refractivity contribution in [2.24, 2.45) is 0 Å². The van der Waals surface area contributed by atoms with Crippen molar-refractivity contribution in [3.8, 4) is 22.3 Å². The zero-order chi connectivity index (χ0) is 40.4. The molecule has 8 rings (SSSR count). The van der Waals surface area contributed by atoms with Gasteiger partial charge in [0.25, 0.3) is 0 Å². The molecule has 0 bridgehead atoms. The summed E-state index contributed by atoms with van der Waals surface area (Å²) in [5, 5.41) is 10.8. The molecule has 0 radical (unpaired) electrons. The summed E-state index contributed by atoms with van der Waals surface area (Å²) in [6, 6.07) is 17.0. The number of carbonyl (C=O) groups is 2. The molecule has 56 heavy (non-hydrogen) atoms. The monoisotopic (exact) mass is 796 g/mol. The summed E-state index contributed by atoms with van der Waals surface area (Å²) in [4.78, 5) is 31.7. The molecule has 0 saturated carbocycles. The normalized spacial score (nSPS) is 12.0. The van der Waals surface area contributed by atoms with Gasteiger partial charge in [0.2, 0.25) is 0 Å². The first-order valence-corrected chi connectivity index (χ1v) is 20.8. The second-order valence-electron chi connectivity index (χ2n) is 13.5. The molecule has 0 spiro atoms. The molecule has 0 fully saturated rings. The number of hydrogen-bond donors (Lipinski definition) is 2. The summed E-state index contributed by atoms with van der Waals surface area (Å²) in [6.45, 7) is 7.25. The maximum atomic E-state index is 12.4. The van der Waals surface area contributed by atoms with E-state index in [2.05, 4.69) is 20.3 Å². The number of rotatable bonds is 6. The van der Waals surface area contributed by atoms with E-state index in [1.165, 1.54) is 14.2 Å². The number of methoxy groups -OCH3 is 2. The summed E-state index contributed by atoms with van der Waals surface area (Å²) >= 11 is 0. The zero-order valence-electron chi connectivity index (χ0n) is 31.6. The van der Waals surface area contributed by atoms with Crippen LogP contribution in [0.2, 0.25) is 0 Å². The fourth-order valence-corrected chi connectivity index (χ4v) is 8.33. The van der Waals surface area contributed by atoms with Gasteiger partial charge in [0, 0.05) is 56.2 Å². The summed E-state index contributed by atoms with van der Waals surface area (Å²) in [7, 11) is -4.10. The van der Waals surface area contributed by atoms with Crippen molar-refractivity contribution in [3.63, 3.8) is 0 Å². The van der Waals surface area contributed by atoms with Crippen LogP contribution in [0.25, 0.3) is 65.9 Å². The number of ether oxygens (including phenoxy) is 2. The Hall–Kier alpha value is -6.26. The van der Waals surface area contributed by atoms with Crippen molar-refractivity contribution in [1.82, 2.24) is 20.3 Å². The Kier molecular flexibility index (Phi) is 9.37. The van der Waals surface area contributed by atoms with Crippen LogP contribution in [-0.2, 0) is 29.1 Å². The Bertz CT molecular complexity index is 2900. The Morgan fingerprint density at radius 1 is 0.571 bits per heavy atom. The predicted octanol–water partition coefficient (Wildman–Crippen LogP) is 7.57. The highest BCUT2D eigenvalue weighted by Gasteiger charge is 2.23. The molecule has 288 valence electrons. The van der Waals surface area contributed by atoms with Crippen LogP contribution < -0.4 is 0 Å². The van der Waals surface area contributed by atoms with Gasteiger partial charge < -0.3 is 28.5 Å². The van der Waals surface area contributed by atoms with Gasteiger partial charge in [-0.3, -0.25) is 0 Å². The fraction of sp³-hybridized carbons (Fsp3) is 0.200. The number of aromatic amines is 2. The molecular formula is C40H36N4O10S2. The minimum Gasteiger partial charge on any atom is -0.465 e. The van der Waals surface area contributed by atoms with E-state index in [0.29, 0.717) is 55.8 Å². The lowest BCUT2D eigenvalue weighted by atomic mass is 9.98. The van der Waals surface area contributed by atoms with Gasteiger partial charge in [-0.1, -0.05) is 10.3 Å². The van der Waals surface area contributed by atoms with Crippen LogP contribution >= 0.6 is 0 Å². The van der Waals surface area contributed by atoms with Crippen molar-refractivity contribution in [2.75, 3.05) is 26.7 Å². The number of aryl methyl sites for hydroxylation is 4. The second kappa shape index (κ2) is 13.8. The van der Waals surface area contributed by atoms with Crippen LogP contribution in [0.5, 0.6) is 0 Å². The average Bonchev–Trinajstić information content (AvgIpc) is 3.91. The maximum Gasteiger partial charge on any atom is 0.340 e. The van der Waals surface area contributed by atoms with Gasteiger partial charge in [-0.15, -0.1) is 0 Å². The number of esters is 2. The molecule has 8 aromatic rings. The van der Waals surface area contributed by atoms with E-state index in [-0.39, 0.29) is 9.79 Å². The van der Waals surface area contributed by atoms with Crippen LogP contribution in [0.15, 0.2) is 79.5 Å². The smallest absolute Gasteiger partial charge is 0.340 e. The molecule has 0 aliphatic heterocycles. The average molecular weight is 797 g/mol. The van der Waals surface area contributed by atoms with Crippen molar-refractivity contribution < 1.29 is 44.9 Å². The van der Waals surface area contributed by atoms with Gasteiger partial charge in [0.1, 0.15) is 11.5 Å². The molecule has 4 aromatic heterocycles. The molecule has 4 heterocycles. The Morgan fingerprint density at radius 3 is 1.25 bits per heavy atom. The van der Waals surface area contributed by atoms with Gasteiger partial charge >= 0.3 is 11.9 Å². The number of nitrogens with zero attached hydrogens (tertiary/aromatic N) is 2. The van der Waals surface area contributed by atoms with Gasteiger partial charge in [-0.05, 0) is 99.5 Å². The third-order valence-corrected chi connectivity index (χ3v) is 11.9. The number of fused-ring (bicyclic) bond motifs is 6. The Labute approximate surface area is 320 Å². The Balaban J connectivity index is 0.000000172. The van der Waals surface area contributed by atoms with E-state index in [0.717, 1.165) is 56.6 Å². The minimum atomic E-state index is -3.37. The van der Waals surface area contributed by atoms with E-state index < -0.39 is 31.6 Å². The van der Waals surface area contributed by atoms with Crippen LogP contribution in [0, 0.1) is 27.7 Å². The lowest BCUT2D eigenvalue weighted by Gasteiger charge is -2.07. The molecule has 4 aromatic carbocycles. The van der Waals surface area contributed by atoms with E-state index >= 15 is 0 Å². The topological polar surface area (TPSA) is 205 Å². The molecule has 16 heteroatoms. The molecule has 0 aliphatic rings. The molecular weight excluding hydrogens is 761 g/mol. The fourth-order valence-electron chi connectivity index (χ4n) is 7.04. The lowest BCUT2D eigenvalue weighted by Crippen LogP contribution is -2.02. The Morgan fingerprint density at radius 2 is 0.946 bits per heavy atom. The molecule has 0 amide bonds. The third-order valence-electron chi connectivity index (χ3n) is 9.67. The molecule has 0 aliphatic carbocycles. The van der Waals surface area contributed by atoms with Crippen molar-refractivity contribution in [2.45, 2.75) is 37.5 Å². The number of carbonyl (C=O) groups excluding carboxylic acids is 2. The van der Waals surface area contributed by atoms with E-state index in [1.54, 1.807) is 62.4 Å². The summed E-state index contributed by atoms with van der Waals surface area (Å²) in [6.07, 6.45) is 2.33. The van der Waals surface area contributed by atoms with Crippen LogP contribution in [0.4, 0.5) is 0 Å². The molecule has 0 saturated heterocycles. The maximum absolute atomic E-state index is 12.4. The number of aromatic nitrogens is 4. The number of nitrogens with one attached hydrogen (secondary N) is 2.